The summed E-state index contributed by atoms with van der Waals surface area (Å²) in [4.78, 5) is 12.3. The normalized spacial score (nSPS) is 11.1. The van der Waals surface area contributed by atoms with Crippen molar-refractivity contribution in [3.63, 3.8) is 0 Å². The van der Waals surface area contributed by atoms with Crippen LogP contribution in [0.15, 0.2) is 86.9 Å². The van der Waals surface area contributed by atoms with E-state index in [0.29, 0.717) is 21.5 Å². The quantitative estimate of drug-likeness (QED) is 0.346. The number of hydrogen-bond acceptors (Lipinski definition) is 4. The molecule has 4 aromatic rings. The first-order valence-corrected chi connectivity index (χ1v) is 9.71. The fourth-order valence-corrected chi connectivity index (χ4v) is 3.28. The molecule has 0 spiro atoms. The predicted octanol–water partition coefficient (Wildman–Crippen LogP) is 4.97. The number of aromatic nitrogens is 2. The summed E-state index contributed by atoms with van der Waals surface area (Å²) in [6.07, 6.45) is 3.41. The zero-order valence-electron chi connectivity index (χ0n) is 15.5. The Bertz CT molecular complexity index is 1180. The summed E-state index contributed by atoms with van der Waals surface area (Å²) >= 11 is 3.37. The molecular weight excluding hydrogens is 432 g/mol. The van der Waals surface area contributed by atoms with Gasteiger partial charge in [0.2, 0.25) is 0 Å². The molecule has 0 radical (unpaired) electrons. The number of carbonyl (C=O) groups is 1. The summed E-state index contributed by atoms with van der Waals surface area (Å²) in [5.74, 6) is 1.12. The molecule has 0 aliphatic heterocycles. The minimum Gasteiger partial charge on any atom is -0.460 e. The molecule has 0 saturated heterocycles. The Labute approximate surface area is 176 Å². The van der Waals surface area contributed by atoms with Gasteiger partial charge in [0, 0.05) is 16.2 Å². The number of nitrogens with one attached hydrogen (secondary N) is 1. The molecule has 7 heteroatoms. The standard InChI is InChI=1S/C22H17BrN4O2/c1-15-11-12-20(29-15)21-16(14-27(26-21)17-7-3-2-4-8-17)13-24-25-22(28)18-9-5-6-10-19(18)23/h2-14H,1H3,(H,25,28)/b24-13-. The molecule has 2 aromatic carbocycles. The fraction of sp³-hybridized carbons (Fsp3) is 0.0455. The van der Waals surface area contributed by atoms with Crippen LogP contribution in [0.25, 0.3) is 17.1 Å². The highest BCUT2D eigenvalue weighted by Gasteiger charge is 2.14. The molecule has 6 nitrogen and oxygen atoms in total. The van der Waals surface area contributed by atoms with Crippen molar-refractivity contribution < 1.29 is 9.21 Å². The second-order valence-corrected chi connectivity index (χ2v) is 7.16. The highest BCUT2D eigenvalue weighted by Crippen LogP contribution is 2.24. The first kappa shape index (κ1) is 18.9. The van der Waals surface area contributed by atoms with E-state index in [9.17, 15) is 4.79 Å². The molecule has 0 fully saturated rings. The van der Waals surface area contributed by atoms with E-state index in [4.69, 9.17) is 4.42 Å². The van der Waals surface area contributed by atoms with Crippen molar-refractivity contribution in [3.8, 4) is 17.1 Å². The monoisotopic (exact) mass is 448 g/mol. The summed E-state index contributed by atoms with van der Waals surface area (Å²) < 4.78 is 8.20. The van der Waals surface area contributed by atoms with Gasteiger partial charge >= 0.3 is 0 Å². The molecule has 2 heterocycles. The van der Waals surface area contributed by atoms with Gasteiger partial charge in [0.05, 0.1) is 17.5 Å². The van der Waals surface area contributed by atoms with Gasteiger partial charge in [-0.25, -0.2) is 10.1 Å². The van der Waals surface area contributed by atoms with Crippen molar-refractivity contribution in [1.82, 2.24) is 15.2 Å². The molecule has 0 aliphatic rings. The van der Waals surface area contributed by atoms with E-state index >= 15 is 0 Å². The number of furan rings is 1. The lowest BCUT2D eigenvalue weighted by molar-refractivity contribution is 0.0954. The Morgan fingerprint density at radius 3 is 2.59 bits per heavy atom. The zero-order valence-corrected chi connectivity index (χ0v) is 17.1. The lowest BCUT2D eigenvalue weighted by Gasteiger charge is -2.01. The van der Waals surface area contributed by atoms with Crippen LogP contribution in [0.5, 0.6) is 0 Å². The van der Waals surface area contributed by atoms with Gasteiger partial charge < -0.3 is 4.42 Å². The van der Waals surface area contributed by atoms with Crippen LogP contribution in [0.1, 0.15) is 21.7 Å². The fourth-order valence-electron chi connectivity index (χ4n) is 2.81. The van der Waals surface area contributed by atoms with Crippen molar-refractivity contribution in [2.75, 3.05) is 0 Å². The average molecular weight is 449 g/mol. The molecule has 2 aromatic heterocycles. The smallest absolute Gasteiger partial charge is 0.272 e. The van der Waals surface area contributed by atoms with E-state index < -0.39 is 0 Å². The molecule has 0 bridgehead atoms. The van der Waals surface area contributed by atoms with Crippen LogP contribution < -0.4 is 5.43 Å². The molecule has 29 heavy (non-hydrogen) atoms. The molecule has 0 aliphatic carbocycles. The molecule has 144 valence electrons. The Hall–Kier alpha value is -3.45. The molecule has 0 saturated carbocycles. The van der Waals surface area contributed by atoms with Crippen molar-refractivity contribution in [2.24, 2.45) is 5.10 Å². The van der Waals surface area contributed by atoms with Gasteiger partial charge in [-0.05, 0) is 59.3 Å². The summed E-state index contributed by atoms with van der Waals surface area (Å²) in [6.45, 7) is 1.88. The van der Waals surface area contributed by atoms with E-state index in [1.165, 1.54) is 0 Å². The minimum atomic E-state index is -0.306. The van der Waals surface area contributed by atoms with E-state index in [1.54, 1.807) is 29.1 Å². The first-order valence-electron chi connectivity index (χ1n) is 8.91. The summed E-state index contributed by atoms with van der Waals surface area (Å²) in [6, 6.07) is 20.7. The topological polar surface area (TPSA) is 72.4 Å². The summed E-state index contributed by atoms with van der Waals surface area (Å²) in [5, 5.41) is 8.76. The van der Waals surface area contributed by atoms with Crippen LogP contribution in [0, 0.1) is 6.92 Å². The number of benzene rings is 2. The first-order chi connectivity index (χ1) is 14.1. The Morgan fingerprint density at radius 1 is 1.10 bits per heavy atom. The van der Waals surface area contributed by atoms with Crippen LogP contribution in [0.2, 0.25) is 0 Å². The Kier molecular flexibility index (Phi) is 5.39. The van der Waals surface area contributed by atoms with Crippen molar-refractivity contribution in [2.45, 2.75) is 6.92 Å². The van der Waals surface area contributed by atoms with E-state index in [-0.39, 0.29) is 5.91 Å². The number of nitrogens with zero attached hydrogens (tertiary/aromatic N) is 3. The summed E-state index contributed by atoms with van der Waals surface area (Å²) in [5.41, 5.74) is 5.33. The van der Waals surface area contributed by atoms with Crippen molar-refractivity contribution in [1.29, 1.82) is 0 Å². The number of hydrogen-bond donors (Lipinski definition) is 1. The lowest BCUT2D eigenvalue weighted by atomic mass is 10.2. The van der Waals surface area contributed by atoms with Crippen LogP contribution in [-0.4, -0.2) is 21.9 Å². The third-order valence-electron chi connectivity index (χ3n) is 4.23. The third-order valence-corrected chi connectivity index (χ3v) is 4.92. The number of hydrazone groups is 1. The van der Waals surface area contributed by atoms with Gasteiger partial charge in [-0.3, -0.25) is 4.79 Å². The number of amides is 1. The molecule has 0 unspecified atom stereocenters. The van der Waals surface area contributed by atoms with E-state index in [0.717, 1.165) is 17.0 Å². The highest BCUT2D eigenvalue weighted by molar-refractivity contribution is 9.10. The van der Waals surface area contributed by atoms with Gasteiger partial charge in [0.1, 0.15) is 11.5 Å². The Balaban J connectivity index is 1.63. The average Bonchev–Trinajstić information content (AvgIpc) is 3.35. The number of aryl methyl sites for hydroxylation is 1. The van der Waals surface area contributed by atoms with Crippen LogP contribution in [0.3, 0.4) is 0 Å². The van der Waals surface area contributed by atoms with Crippen molar-refractivity contribution in [3.05, 3.63) is 94.3 Å². The predicted molar refractivity (Wildman–Crippen MR) is 115 cm³/mol. The van der Waals surface area contributed by atoms with Gasteiger partial charge in [0.25, 0.3) is 5.91 Å². The zero-order chi connectivity index (χ0) is 20.2. The second-order valence-electron chi connectivity index (χ2n) is 6.30. The number of rotatable bonds is 5. The summed E-state index contributed by atoms with van der Waals surface area (Å²) in [7, 11) is 0. The molecular formula is C22H17BrN4O2. The van der Waals surface area contributed by atoms with Crippen LogP contribution in [-0.2, 0) is 0 Å². The SMILES string of the molecule is Cc1ccc(-c2nn(-c3ccccc3)cc2/C=N\NC(=O)c2ccccc2Br)o1. The number of carbonyl (C=O) groups excluding carboxylic acids is 1. The largest absolute Gasteiger partial charge is 0.460 e. The molecule has 1 amide bonds. The molecule has 1 N–H and O–H groups in total. The maximum absolute atomic E-state index is 12.3. The minimum absolute atomic E-state index is 0.306. The number of para-hydroxylation sites is 1. The van der Waals surface area contributed by atoms with E-state index in [1.807, 2.05) is 61.7 Å². The van der Waals surface area contributed by atoms with E-state index in [2.05, 4.69) is 31.6 Å². The number of halogens is 1. The second kappa shape index (κ2) is 8.28. The van der Waals surface area contributed by atoms with Gasteiger partial charge in [-0.15, -0.1) is 0 Å². The van der Waals surface area contributed by atoms with Gasteiger partial charge in [-0.1, -0.05) is 30.3 Å². The molecule has 4 rings (SSSR count). The highest BCUT2D eigenvalue weighted by atomic mass is 79.9. The van der Waals surface area contributed by atoms with Gasteiger partial charge in [-0.2, -0.15) is 10.2 Å². The third kappa shape index (κ3) is 4.20. The van der Waals surface area contributed by atoms with Gasteiger partial charge in [0.15, 0.2) is 5.76 Å². The maximum atomic E-state index is 12.3. The van der Waals surface area contributed by atoms with Crippen LogP contribution in [0.4, 0.5) is 0 Å². The van der Waals surface area contributed by atoms with Crippen LogP contribution >= 0.6 is 15.9 Å². The molecule has 0 atom stereocenters. The maximum Gasteiger partial charge on any atom is 0.272 e. The Morgan fingerprint density at radius 2 is 1.86 bits per heavy atom. The van der Waals surface area contributed by atoms with Crippen molar-refractivity contribution >= 4 is 28.1 Å². The lowest BCUT2D eigenvalue weighted by Crippen LogP contribution is -2.18.